The zero-order valence-corrected chi connectivity index (χ0v) is 10.6. The molecule has 0 aliphatic carbocycles. The van der Waals surface area contributed by atoms with E-state index in [1.165, 1.54) is 10.0 Å². The second-order valence-electron chi connectivity index (χ2n) is 3.97. The number of rotatable bonds is 3. The van der Waals surface area contributed by atoms with Crippen LogP contribution in [0.2, 0.25) is 0 Å². The van der Waals surface area contributed by atoms with Gasteiger partial charge in [-0.1, -0.05) is 67.0 Å². The molecule has 1 aromatic carbocycles. The fraction of sp³-hybridized carbons (Fsp3) is 0.385. The topological polar surface area (TPSA) is 0 Å². The molecule has 76 valence electrons. The van der Waals surface area contributed by atoms with Crippen molar-refractivity contribution < 1.29 is 0 Å². The molecule has 0 radical (unpaired) electrons. The molecular formula is C13H17Br. The third kappa shape index (κ3) is 3.30. The van der Waals surface area contributed by atoms with Crippen molar-refractivity contribution in [2.45, 2.75) is 20.8 Å². The number of halogens is 1. The van der Waals surface area contributed by atoms with Crippen LogP contribution in [0.3, 0.4) is 0 Å². The van der Waals surface area contributed by atoms with E-state index in [0.29, 0.717) is 11.8 Å². The molecule has 1 rings (SSSR count). The van der Waals surface area contributed by atoms with Crippen LogP contribution in [0.1, 0.15) is 26.3 Å². The van der Waals surface area contributed by atoms with Crippen LogP contribution in [0, 0.1) is 11.8 Å². The molecule has 1 unspecified atom stereocenters. The summed E-state index contributed by atoms with van der Waals surface area (Å²) in [7, 11) is 0. The van der Waals surface area contributed by atoms with Gasteiger partial charge in [-0.15, -0.1) is 0 Å². The lowest BCUT2D eigenvalue weighted by Gasteiger charge is -2.14. The van der Waals surface area contributed by atoms with Gasteiger partial charge >= 0.3 is 0 Å². The molecule has 0 aliphatic rings. The molecule has 0 heterocycles. The van der Waals surface area contributed by atoms with Gasteiger partial charge in [0.15, 0.2) is 0 Å². The van der Waals surface area contributed by atoms with Crippen molar-refractivity contribution >= 4 is 22.0 Å². The van der Waals surface area contributed by atoms with E-state index in [1.807, 2.05) is 6.07 Å². The van der Waals surface area contributed by atoms with Crippen LogP contribution in [-0.4, -0.2) is 0 Å². The van der Waals surface area contributed by atoms with Crippen LogP contribution in [0.5, 0.6) is 0 Å². The Morgan fingerprint density at radius 2 is 1.71 bits per heavy atom. The third-order valence-electron chi connectivity index (χ3n) is 2.54. The number of hydrogen-bond donors (Lipinski definition) is 0. The van der Waals surface area contributed by atoms with Crippen molar-refractivity contribution in [3.8, 4) is 0 Å². The van der Waals surface area contributed by atoms with E-state index in [2.05, 4.69) is 67.0 Å². The number of benzene rings is 1. The zero-order valence-electron chi connectivity index (χ0n) is 9.00. The van der Waals surface area contributed by atoms with E-state index in [9.17, 15) is 0 Å². The van der Waals surface area contributed by atoms with Crippen molar-refractivity contribution in [1.29, 1.82) is 0 Å². The molecule has 0 fully saturated rings. The van der Waals surface area contributed by atoms with Gasteiger partial charge in [0.25, 0.3) is 0 Å². The van der Waals surface area contributed by atoms with Crippen LogP contribution in [0.25, 0.3) is 6.08 Å². The molecule has 0 saturated carbocycles. The summed E-state index contributed by atoms with van der Waals surface area (Å²) < 4.78 is 1.28. The Kier molecular flexibility index (Phi) is 4.40. The smallest absolute Gasteiger partial charge is 0.00126 e. The lowest BCUT2D eigenvalue weighted by atomic mass is 9.97. The van der Waals surface area contributed by atoms with E-state index >= 15 is 0 Å². The van der Waals surface area contributed by atoms with Crippen LogP contribution < -0.4 is 0 Å². The fourth-order valence-electron chi connectivity index (χ4n) is 1.16. The predicted octanol–water partition coefficient (Wildman–Crippen LogP) is 4.71. The largest absolute Gasteiger partial charge is 0.0622 e. The first kappa shape index (κ1) is 11.5. The van der Waals surface area contributed by atoms with Gasteiger partial charge in [0.1, 0.15) is 0 Å². The molecule has 1 aromatic rings. The van der Waals surface area contributed by atoms with Crippen LogP contribution in [0.15, 0.2) is 34.8 Å². The second kappa shape index (κ2) is 5.35. The van der Waals surface area contributed by atoms with Crippen molar-refractivity contribution in [2.75, 3.05) is 0 Å². The Morgan fingerprint density at radius 3 is 2.21 bits per heavy atom. The van der Waals surface area contributed by atoms with Gasteiger partial charge in [-0.25, -0.2) is 0 Å². The minimum atomic E-state index is 0.579. The molecule has 0 spiro atoms. The molecule has 0 saturated heterocycles. The Hall–Kier alpha value is -0.560. The third-order valence-corrected chi connectivity index (χ3v) is 3.49. The van der Waals surface area contributed by atoms with E-state index in [4.69, 9.17) is 0 Å². The molecule has 0 aromatic heterocycles. The molecule has 0 N–H and O–H groups in total. The van der Waals surface area contributed by atoms with Crippen molar-refractivity contribution in [1.82, 2.24) is 0 Å². The first-order valence-electron chi connectivity index (χ1n) is 5.03. The molecular weight excluding hydrogens is 236 g/mol. The summed E-state index contributed by atoms with van der Waals surface area (Å²) in [6.45, 7) is 6.73. The molecule has 0 bridgehead atoms. The number of hydrogen-bond acceptors (Lipinski definition) is 0. The van der Waals surface area contributed by atoms with E-state index in [-0.39, 0.29) is 0 Å². The summed E-state index contributed by atoms with van der Waals surface area (Å²) in [5, 5.41) is 0. The maximum atomic E-state index is 3.64. The molecule has 14 heavy (non-hydrogen) atoms. The van der Waals surface area contributed by atoms with E-state index in [1.54, 1.807) is 0 Å². The highest BCUT2D eigenvalue weighted by Crippen LogP contribution is 2.26. The Labute approximate surface area is 95.2 Å². The van der Waals surface area contributed by atoms with Gasteiger partial charge in [0.05, 0.1) is 0 Å². The van der Waals surface area contributed by atoms with Crippen molar-refractivity contribution in [2.24, 2.45) is 11.8 Å². The second-order valence-corrected chi connectivity index (χ2v) is 4.89. The molecule has 0 aliphatic heterocycles. The Morgan fingerprint density at radius 1 is 1.14 bits per heavy atom. The summed E-state index contributed by atoms with van der Waals surface area (Å²) in [5.74, 6) is 1.25. The monoisotopic (exact) mass is 252 g/mol. The summed E-state index contributed by atoms with van der Waals surface area (Å²) in [5.41, 5.74) is 1.26. The maximum Gasteiger partial charge on any atom is -0.00126 e. The van der Waals surface area contributed by atoms with Gasteiger partial charge in [-0.05, 0) is 28.0 Å². The Balaban J connectivity index is 2.79. The predicted molar refractivity (Wildman–Crippen MR) is 67.3 cm³/mol. The van der Waals surface area contributed by atoms with Crippen LogP contribution in [0.4, 0.5) is 0 Å². The summed E-state index contributed by atoms with van der Waals surface area (Å²) in [6, 6.07) is 10.4. The summed E-state index contributed by atoms with van der Waals surface area (Å²) >= 11 is 3.64. The summed E-state index contributed by atoms with van der Waals surface area (Å²) in [6.07, 6.45) is 2.20. The molecule has 1 atom stereocenters. The normalized spacial score (nSPS) is 14.5. The lowest BCUT2D eigenvalue weighted by molar-refractivity contribution is 0.501. The Bertz CT molecular complexity index is 298. The van der Waals surface area contributed by atoms with Crippen LogP contribution >= 0.6 is 15.9 Å². The highest BCUT2D eigenvalue weighted by molar-refractivity contribution is 9.11. The average molecular weight is 253 g/mol. The molecule has 1 heteroatoms. The fourth-order valence-corrected chi connectivity index (χ4v) is 1.95. The van der Waals surface area contributed by atoms with Gasteiger partial charge in [0.2, 0.25) is 0 Å². The van der Waals surface area contributed by atoms with Gasteiger partial charge < -0.3 is 0 Å². The highest BCUT2D eigenvalue weighted by atomic mass is 79.9. The first-order chi connectivity index (χ1) is 6.61. The SMILES string of the molecule is CC(C)C(C)/C(Br)=C\c1ccccc1. The van der Waals surface area contributed by atoms with Crippen molar-refractivity contribution in [3.05, 3.63) is 40.4 Å². The zero-order chi connectivity index (χ0) is 10.6. The standard InChI is InChI=1S/C13H17Br/c1-10(2)11(3)13(14)9-12-7-5-4-6-8-12/h4-11H,1-3H3/b13-9+. The minimum Gasteiger partial charge on any atom is -0.0622 e. The highest BCUT2D eigenvalue weighted by Gasteiger charge is 2.09. The van der Waals surface area contributed by atoms with E-state index < -0.39 is 0 Å². The molecule has 0 amide bonds. The number of allylic oxidation sites excluding steroid dienone is 1. The van der Waals surface area contributed by atoms with Gasteiger partial charge in [-0.3, -0.25) is 0 Å². The van der Waals surface area contributed by atoms with E-state index in [0.717, 1.165) is 0 Å². The molecule has 0 nitrogen and oxygen atoms in total. The van der Waals surface area contributed by atoms with Gasteiger partial charge in [-0.2, -0.15) is 0 Å². The first-order valence-corrected chi connectivity index (χ1v) is 5.82. The minimum absolute atomic E-state index is 0.579. The quantitative estimate of drug-likeness (QED) is 0.731. The summed E-state index contributed by atoms with van der Waals surface area (Å²) in [4.78, 5) is 0. The lowest BCUT2D eigenvalue weighted by Crippen LogP contribution is -2.02. The maximum absolute atomic E-state index is 3.64. The average Bonchev–Trinajstić information content (AvgIpc) is 2.18. The van der Waals surface area contributed by atoms with Crippen LogP contribution in [-0.2, 0) is 0 Å². The van der Waals surface area contributed by atoms with Crippen molar-refractivity contribution in [3.63, 3.8) is 0 Å². The van der Waals surface area contributed by atoms with Gasteiger partial charge in [0, 0.05) is 0 Å².